The maximum atomic E-state index is 13.0. The summed E-state index contributed by atoms with van der Waals surface area (Å²) in [6.45, 7) is 4.22. The molecule has 1 aromatic carbocycles. The van der Waals surface area contributed by atoms with Crippen molar-refractivity contribution in [3.63, 3.8) is 0 Å². The second-order valence-corrected chi connectivity index (χ2v) is 9.58. The first-order valence-electron chi connectivity index (χ1n) is 10.3. The largest absolute Gasteiger partial charge is 0.493 e. The van der Waals surface area contributed by atoms with Crippen molar-refractivity contribution in [2.45, 2.75) is 30.6 Å². The summed E-state index contributed by atoms with van der Waals surface area (Å²) in [7, 11) is -0.609. The van der Waals surface area contributed by atoms with Crippen LogP contribution in [0.25, 0.3) is 0 Å². The van der Waals surface area contributed by atoms with E-state index >= 15 is 0 Å². The summed E-state index contributed by atoms with van der Waals surface area (Å²) >= 11 is 0. The first-order valence-corrected chi connectivity index (χ1v) is 11.7. The Bertz CT molecular complexity index is 798. The highest BCUT2D eigenvalue weighted by Gasteiger charge is 2.32. The van der Waals surface area contributed by atoms with Gasteiger partial charge < -0.3 is 19.3 Å². The molecule has 8 nitrogen and oxygen atoms in total. The molecular formula is C20H32N3O5S+. The predicted octanol–water partition coefficient (Wildman–Crippen LogP) is -0.00440. The normalized spacial score (nSPS) is 19.6. The number of rotatable bonds is 6. The van der Waals surface area contributed by atoms with E-state index in [0.29, 0.717) is 44.2 Å². The van der Waals surface area contributed by atoms with Crippen molar-refractivity contribution >= 4 is 15.9 Å². The molecule has 0 aromatic heterocycles. The van der Waals surface area contributed by atoms with Gasteiger partial charge in [-0.15, -0.1) is 0 Å². The lowest BCUT2D eigenvalue weighted by Crippen LogP contribution is -3.15. The summed E-state index contributed by atoms with van der Waals surface area (Å²) in [4.78, 5) is 15.9. The summed E-state index contributed by atoms with van der Waals surface area (Å²) in [6, 6.07) is 4.64. The van der Waals surface area contributed by atoms with Crippen LogP contribution in [0.3, 0.4) is 0 Å². The number of hydrogen-bond donors (Lipinski definition) is 1. The van der Waals surface area contributed by atoms with Crippen molar-refractivity contribution in [3.05, 3.63) is 18.2 Å². The van der Waals surface area contributed by atoms with Gasteiger partial charge in [0, 0.05) is 19.2 Å². The molecule has 2 aliphatic rings. The van der Waals surface area contributed by atoms with Crippen molar-refractivity contribution in [1.29, 1.82) is 0 Å². The molecule has 0 atom stereocenters. The molecule has 9 heteroatoms. The number of likely N-dealkylation sites (tertiary alicyclic amines) is 1. The number of sulfonamides is 1. The number of quaternary nitrogens is 1. The summed E-state index contributed by atoms with van der Waals surface area (Å²) in [5.41, 5.74) is 0. The second kappa shape index (κ2) is 9.77. The third kappa shape index (κ3) is 5.21. The van der Waals surface area contributed by atoms with Crippen LogP contribution in [0.4, 0.5) is 0 Å². The molecule has 29 heavy (non-hydrogen) atoms. The number of nitrogens with one attached hydrogen (secondary N) is 1. The van der Waals surface area contributed by atoms with Crippen LogP contribution < -0.4 is 14.4 Å². The Balaban J connectivity index is 1.58. The van der Waals surface area contributed by atoms with Gasteiger partial charge in [-0.2, -0.15) is 4.31 Å². The second-order valence-electron chi connectivity index (χ2n) is 7.64. The molecule has 162 valence electrons. The van der Waals surface area contributed by atoms with Gasteiger partial charge in [0.1, 0.15) is 0 Å². The van der Waals surface area contributed by atoms with Crippen LogP contribution in [0.5, 0.6) is 11.5 Å². The quantitative estimate of drug-likeness (QED) is 0.693. The summed E-state index contributed by atoms with van der Waals surface area (Å²) in [5.74, 6) is 1.08. The lowest BCUT2D eigenvalue weighted by Gasteiger charge is -2.32. The van der Waals surface area contributed by atoms with Gasteiger partial charge in [0.2, 0.25) is 10.0 Å². The van der Waals surface area contributed by atoms with Crippen molar-refractivity contribution < 1.29 is 27.6 Å². The minimum Gasteiger partial charge on any atom is -0.493 e. The summed E-state index contributed by atoms with van der Waals surface area (Å²) in [6.07, 6.45) is 4.56. The fraction of sp³-hybridized carbons (Fsp3) is 0.650. The van der Waals surface area contributed by atoms with Gasteiger partial charge in [-0.05, 0) is 25.0 Å². The van der Waals surface area contributed by atoms with E-state index in [1.165, 1.54) is 37.4 Å². The van der Waals surface area contributed by atoms with Crippen LogP contribution in [0.2, 0.25) is 0 Å². The Hall–Kier alpha value is -1.84. The Morgan fingerprint density at radius 3 is 2.17 bits per heavy atom. The van der Waals surface area contributed by atoms with E-state index in [0.717, 1.165) is 30.8 Å². The molecule has 1 N–H and O–H groups in total. The Morgan fingerprint density at radius 2 is 1.59 bits per heavy atom. The summed E-state index contributed by atoms with van der Waals surface area (Å²) < 4.78 is 37.9. The summed E-state index contributed by atoms with van der Waals surface area (Å²) in [5, 5.41) is 0. The van der Waals surface area contributed by atoms with E-state index in [-0.39, 0.29) is 10.8 Å². The Labute approximate surface area is 173 Å². The zero-order valence-corrected chi connectivity index (χ0v) is 18.2. The van der Waals surface area contributed by atoms with Crippen molar-refractivity contribution in [2.24, 2.45) is 0 Å². The number of methoxy groups -OCH3 is 2. The topological polar surface area (TPSA) is 80.6 Å². The third-order valence-electron chi connectivity index (χ3n) is 5.78. The zero-order valence-electron chi connectivity index (χ0n) is 17.4. The van der Waals surface area contributed by atoms with E-state index < -0.39 is 10.0 Å². The molecule has 2 saturated heterocycles. The molecule has 2 fully saturated rings. The molecule has 0 spiro atoms. The number of carbonyl (C=O) groups is 1. The van der Waals surface area contributed by atoms with E-state index in [1.54, 1.807) is 12.1 Å². The minimum atomic E-state index is -3.61. The zero-order chi connectivity index (χ0) is 20.9. The first-order chi connectivity index (χ1) is 14.0. The van der Waals surface area contributed by atoms with Gasteiger partial charge in [0.05, 0.1) is 45.3 Å². The van der Waals surface area contributed by atoms with Crippen LogP contribution in [-0.4, -0.2) is 83.6 Å². The van der Waals surface area contributed by atoms with E-state index in [9.17, 15) is 13.2 Å². The number of nitrogens with zero attached hydrogens (tertiary/aromatic N) is 2. The molecule has 0 aliphatic carbocycles. The molecule has 2 aliphatic heterocycles. The van der Waals surface area contributed by atoms with Gasteiger partial charge in [0.15, 0.2) is 18.0 Å². The van der Waals surface area contributed by atoms with E-state index in [1.807, 2.05) is 4.90 Å². The van der Waals surface area contributed by atoms with Gasteiger partial charge in [-0.25, -0.2) is 8.42 Å². The molecule has 0 unspecified atom stereocenters. The van der Waals surface area contributed by atoms with Crippen molar-refractivity contribution in [3.8, 4) is 11.5 Å². The van der Waals surface area contributed by atoms with Crippen LogP contribution in [0.15, 0.2) is 23.1 Å². The number of hydrogen-bond acceptors (Lipinski definition) is 5. The molecule has 0 radical (unpaired) electrons. The highest BCUT2D eigenvalue weighted by Crippen LogP contribution is 2.30. The number of piperazine rings is 1. The van der Waals surface area contributed by atoms with Crippen LogP contribution in [-0.2, 0) is 14.8 Å². The van der Waals surface area contributed by atoms with Crippen molar-refractivity contribution in [2.75, 3.05) is 60.0 Å². The first kappa shape index (κ1) is 21.9. The average Bonchev–Trinajstić information content (AvgIpc) is 3.03. The SMILES string of the molecule is COc1ccc(S(=O)(=O)N2CC[NH+](CC(=O)N3CCCCCC3)CC2)cc1OC. The number of carbonyl (C=O) groups excluding carboxylic acids is 1. The molecule has 1 aromatic rings. The molecule has 1 amide bonds. The standard InChI is InChI=1S/C20H31N3O5S/c1-27-18-8-7-17(15-19(18)28-2)29(25,26)23-13-11-21(12-14-23)16-20(24)22-9-5-3-4-6-10-22/h7-8,15H,3-6,9-14,16H2,1-2H3/p+1. The molecule has 2 heterocycles. The monoisotopic (exact) mass is 426 g/mol. The molecule has 0 bridgehead atoms. The minimum absolute atomic E-state index is 0.193. The Kier molecular flexibility index (Phi) is 7.37. The number of ether oxygens (including phenoxy) is 2. The fourth-order valence-corrected chi connectivity index (χ4v) is 5.45. The van der Waals surface area contributed by atoms with E-state index in [2.05, 4.69) is 0 Å². The molecule has 3 rings (SSSR count). The molecule has 0 saturated carbocycles. The average molecular weight is 427 g/mol. The van der Waals surface area contributed by atoms with Crippen LogP contribution >= 0.6 is 0 Å². The van der Waals surface area contributed by atoms with Crippen LogP contribution in [0, 0.1) is 0 Å². The van der Waals surface area contributed by atoms with E-state index in [4.69, 9.17) is 9.47 Å². The maximum absolute atomic E-state index is 13.0. The van der Waals surface area contributed by atoms with Gasteiger partial charge >= 0.3 is 0 Å². The number of benzene rings is 1. The smallest absolute Gasteiger partial charge is 0.277 e. The van der Waals surface area contributed by atoms with Crippen LogP contribution in [0.1, 0.15) is 25.7 Å². The highest BCUT2D eigenvalue weighted by atomic mass is 32.2. The molecular weight excluding hydrogens is 394 g/mol. The predicted molar refractivity (Wildman–Crippen MR) is 109 cm³/mol. The fourth-order valence-electron chi connectivity index (χ4n) is 3.99. The van der Waals surface area contributed by atoms with Crippen molar-refractivity contribution in [1.82, 2.24) is 9.21 Å². The van der Waals surface area contributed by atoms with Gasteiger partial charge in [-0.3, -0.25) is 4.79 Å². The third-order valence-corrected chi connectivity index (χ3v) is 7.68. The lowest BCUT2D eigenvalue weighted by molar-refractivity contribution is -0.896. The Morgan fingerprint density at radius 1 is 0.966 bits per heavy atom. The van der Waals surface area contributed by atoms with Gasteiger partial charge in [0.25, 0.3) is 5.91 Å². The van der Waals surface area contributed by atoms with Gasteiger partial charge in [-0.1, -0.05) is 12.8 Å². The highest BCUT2D eigenvalue weighted by molar-refractivity contribution is 7.89. The lowest BCUT2D eigenvalue weighted by atomic mass is 10.2. The maximum Gasteiger partial charge on any atom is 0.277 e. The number of amides is 1.